The summed E-state index contributed by atoms with van der Waals surface area (Å²) in [6.07, 6.45) is 1.11. The van der Waals surface area contributed by atoms with Gasteiger partial charge in [0, 0.05) is 18.0 Å². The summed E-state index contributed by atoms with van der Waals surface area (Å²) in [4.78, 5) is 25.2. The number of hydrogen-bond acceptors (Lipinski definition) is 3. The van der Waals surface area contributed by atoms with Crippen LogP contribution in [0.2, 0.25) is 5.02 Å². The summed E-state index contributed by atoms with van der Waals surface area (Å²) in [5.74, 6) is -0.0554. The fourth-order valence-electron chi connectivity index (χ4n) is 3.07. The van der Waals surface area contributed by atoms with Gasteiger partial charge in [-0.3, -0.25) is 9.59 Å². The first-order chi connectivity index (χ1) is 15.1. The molecule has 0 spiro atoms. The molecule has 2 N–H and O–H groups in total. The number of nitrogens with one attached hydrogen (secondary N) is 2. The van der Waals surface area contributed by atoms with Crippen molar-refractivity contribution in [3.8, 4) is 5.75 Å². The number of rotatable bonds is 10. The average molecular weight is 437 g/mol. The molecule has 31 heavy (non-hydrogen) atoms. The molecule has 1 unspecified atom stereocenters. The van der Waals surface area contributed by atoms with E-state index in [9.17, 15) is 9.59 Å². The van der Waals surface area contributed by atoms with Crippen LogP contribution < -0.4 is 15.4 Å². The fourth-order valence-corrected chi connectivity index (χ4v) is 3.20. The van der Waals surface area contributed by atoms with Gasteiger partial charge in [-0.2, -0.15) is 0 Å². The van der Waals surface area contributed by atoms with Crippen LogP contribution in [0.5, 0.6) is 5.75 Å². The van der Waals surface area contributed by atoms with Crippen LogP contribution in [0, 0.1) is 0 Å². The molecular weight excluding hydrogens is 412 g/mol. The van der Waals surface area contributed by atoms with E-state index in [1.807, 2.05) is 60.7 Å². The predicted molar refractivity (Wildman–Crippen MR) is 122 cm³/mol. The third kappa shape index (κ3) is 7.79. The van der Waals surface area contributed by atoms with Gasteiger partial charge in [-0.05, 0) is 41.8 Å². The van der Waals surface area contributed by atoms with E-state index in [1.165, 1.54) is 0 Å². The van der Waals surface area contributed by atoms with E-state index in [0.717, 1.165) is 17.5 Å². The van der Waals surface area contributed by atoms with Gasteiger partial charge in [0.2, 0.25) is 5.91 Å². The molecule has 5 nitrogen and oxygen atoms in total. The minimum absolute atomic E-state index is 0.190. The van der Waals surface area contributed by atoms with Crippen LogP contribution >= 0.6 is 11.6 Å². The van der Waals surface area contributed by atoms with E-state index in [1.54, 1.807) is 24.3 Å². The number of halogens is 1. The summed E-state index contributed by atoms with van der Waals surface area (Å²) in [6.45, 7) is 0.301. The van der Waals surface area contributed by atoms with E-state index in [4.69, 9.17) is 16.3 Å². The topological polar surface area (TPSA) is 67.4 Å². The Morgan fingerprint density at radius 3 is 2.10 bits per heavy atom. The highest BCUT2D eigenvalue weighted by Gasteiger charge is 2.21. The molecule has 6 heteroatoms. The number of carbonyl (C=O) groups is 2. The van der Waals surface area contributed by atoms with Crippen molar-refractivity contribution in [3.05, 3.63) is 101 Å². The molecule has 0 aromatic heterocycles. The van der Waals surface area contributed by atoms with Crippen LogP contribution in [0.1, 0.15) is 11.1 Å². The minimum atomic E-state index is -0.695. The van der Waals surface area contributed by atoms with Gasteiger partial charge in [-0.1, -0.05) is 72.3 Å². The summed E-state index contributed by atoms with van der Waals surface area (Å²) in [6, 6.07) is 25.6. The molecule has 3 aromatic rings. The zero-order valence-corrected chi connectivity index (χ0v) is 17.8. The van der Waals surface area contributed by atoms with Crippen molar-refractivity contribution in [2.75, 3.05) is 13.2 Å². The number of amides is 2. The Labute approximate surface area is 187 Å². The van der Waals surface area contributed by atoms with Crippen LogP contribution in [0.25, 0.3) is 0 Å². The molecule has 0 saturated carbocycles. The van der Waals surface area contributed by atoms with Crippen LogP contribution in [-0.4, -0.2) is 31.0 Å². The maximum absolute atomic E-state index is 12.8. The van der Waals surface area contributed by atoms with E-state index in [0.29, 0.717) is 23.7 Å². The quantitative estimate of drug-likeness (QED) is 0.508. The Morgan fingerprint density at radius 1 is 0.839 bits per heavy atom. The van der Waals surface area contributed by atoms with Crippen LogP contribution in [0.3, 0.4) is 0 Å². The molecular formula is C25H25ClN2O3. The van der Waals surface area contributed by atoms with Gasteiger partial charge in [0.15, 0.2) is 6.61 Å². The first kappa shape index (κ1) is 22.4. The average Bonchev–Trinajstić information content (AvgIpc) is 2.79. The second-order valence-electron chi connectivity index (χ2n) is 7.08. The molecule has 2 amide bonds. The Morgan fingerprint density at radius 2 is 1.45 bits per heavy atom. The van der Waals surface area contributed by atoms with Crippen molar-refractivity contribution in [2.45, 2.75) is 18.9 Å². The van der Waals surface area contributed by atoms with Gasteiger partial charge >= 0.3 is 0 Å². The molecule has 0 aliphatic carbocycles. The summed E-state index contributed by atoms with van der Waals surface area (Å²) < 4.78 is 5.49. The third-order valence-corrected chi connectivity index (χ3v) is 4.93. The first-order valence-corrected chi connectivity index (χ1v) is 10.5. The molecule has 160 valence electrons. The lowest BCUT2D eigenvalue weighted by Gasteiger charge is -2.19. The maximum atomic E-state index is 12.8. The minimum Gasteiger partial charge on any atom is -0.484 e. The van der Waals surface area contributed by atoms with Crippen molar-refractivity contribution in [1.82, 2.24) is 10.6 Å². The molecule has 0 aliphatic heterocycles. The maximum Gasteiger partial charge on any atom is 0.258 e. The Bertz CT molecular complexity index is 963. The molecule has 0 radical (unpaired) electrons. The number of hydrogen-bond donors (Lipinski definition) is 2. The van der Waals surface area contributed by atoms with Gasteiger partial charge in [0.25, 0.3) is 5.91 Å². The van der Waals surface area contributed by atoms with E-state index < -0.39 is 6.04 Å². The van der Waals surface area contributed by atoms with Crippen LogP contribution in [0.15, 0.2) is 84.9 Å². The van der Waals surface area contributed by atoms with Crippen LogP contribution in [-0.2, 0) is 22.4 Å². The highest BCUT2D eigenvalue weighted by molar-refractivity contribution is 6.30. The molecule has 0 aliphatic rings. The second kappa shape index (κ2) is 11.8. The summed E-state index contributed by atoms with van der Waals surface area (Å²) in [5.41, 5.74) is 2.10. The van der Waals surface area contributed by atoms with Gasteiger partial charge in [0.05, 0.1) is 0 Å². The Hall–Kier alpha value is -3.31. The fraction of sp³-hybridized carbons (Fsp3) is 0.200. The lowest BCUT2D eigenvalue weighted by molar-refractivity contribution is -0.130. The molecule has 0 fully saturated rings. The highest BCUT2D eigenvalue weighted by Crippen LogP contribution is 2.15. The molecule has 3 rings (SSSR count). The van der Waals surface area contributed by atoms with Gasteiger partial charge in [-0.25, -0.2) is 0 Å². The summed E-state index contributed by atoms with van der Waals surface area (Å²) >= 11 is 5.86. The highest BCUT2D eigenvalue weighted by atomic mass is 35.5. The molecule has 3 aromatic carbocycles. The standard InChI is InChI=1S/C25H25ClN2O3/c26-21-11-13-22(14-12-21)31-18-24(29)28-23(17-20-9-5-2-6-10-20)25(30)27-16-15-19-7-3-1-4-8-19/h1-14,23H,15-18H2,(H,27,30)(H,28,29). The molecule has 0 bridgehead atoms. The molecule has 1 atom stereocenters. The zero-order chi connectivity index (χ0) is 21.9. The van der Waals surface area contributed by atoms with Gasteiger partial charge in [0.1, 0.15) is 11.8 Å². The van der Waals surface area contributed by atoms with Crippen LogP contribution in [0.4, 0.5) is 0 Å². The van der Waals surface area contributed by atoms with E-state index in [-0.39, 0.29) is 18.4 Å². The van der Waals surface area contributed by atoms with Crippen molar-refractivity contribution >= 4 is 23.4 Å². The first-order valence-electron chi connectivity index (χ1n) is 10.1. The predicted octanol–water partition coefficient (Wildman–Crippen LogP) is 3.81. The smallest absolute Gasteiger partial charge is 0.258 e. The number of carbonyl (C=O) groups excluding carboxylic acids is 2. The van der Waals surface area contributed by atoms with Crippen molar-refractivity contribution in [2.24, 2.45) is 0 Å². The Kier molecular flexibility index (Phi) is 8.49. The number of benzene rings is 3. The third-order valence-electron chi connectivity index (χ3n) is 4.67. The van der Waals surface area contributed by atoms with Gasteiger partial charge in [-0.15, -0.1) is 0 Å². The van der Waals surface area contributed by atoms with E-state index in [2.05, 4.69) is 10.6 Å². The summed E-state index contributed by atoms with van der Waals surface area (Å²) in [7, 11) is 0. The number of ether oxygens (including phenoxy) is 1. The molecule has 0 saturated heterocycles. The van der Waals surface area contributed by atoms with Gasteiger partial charge < -0.3 is 15.4 Å². The monoisotopic (exact) mass is 436 g/mol. The van der Waals surface area contributed by atoms with E-state index >= 15 is 0 Å². The Balaban J connectivity index is 1.56. The van der Waals surface area contributed by atoms with Crippen molar-refractivity contribution < 1.29 is 14.3 Å². The lowest BCUT2D eigenvalue weighted by atomic mass is 10.0. The SMILES string of the molecule is O=C(COc1ccc(Cl)cc1)NC(Cc1ccccc1)C(=O)NCCc1ccccc1. The summed E-state index contributed by atoms with van der Waals surface area (Å²) in [5, 5.41) is 6.31. The lowest BCUT2D eigenvalue weighted by Crippen LogP contribution is -2.49. The second-order valence-corrected chi connectivity index (χ2v) is 7.52. The normalized spacial score (nSPS) is 11.4. The van der Waals surface area contributed by atoms with Crippen molar-refractivity contribution in [3.63, 3.8) is 0 Å². The van der Waals surface area contributed by atoms with Crippen molar-refractivity contribution in [1.29, 1.82) is 0 Å². The largest absolute Gasteiger partial charge is 0.484 e. The molecule has 0 heterocycles. The zero-order valence-electron chi connectivity index (χ0n) is 17.1.